The first-order chi connectivity index (χ1) is 17.5. The van der Waals surface area contributed by atoms with Gasteiger partial charge in [-0.05, 0) is 51.5 Å². The summed E-state index contributed by atoms with van der Waals surface area (Å²) in [6.45, 7) is 7.14. The fourth-order valence-corrected chi connectivity index (χ4v) is 5.01. The Labute approximate surface area is 213 Å². The molecule has 0 aromatic carbocycles. The molecule has 188 valence electrons. The van der Waals surface area contributed by atoms with Crippen LogP contribution in [0.4, 0.5) is 5.82 Å². The smallest absolute Gasteiger partial charge is 0.256 e. The van der Waals surface area contributed by atoms with Gasteiger partial charge < -0.3 is 14.8 Å². The van der Waals surface area contributed by atoms with Crippen LogP contribution >= 0.6 is 11.8 Å². The first-order valence-corrected chi connectivity index (χ1v) is 13.5. The molecule has 5 rings (SSSR count). The highest BCUT2D eigenvalue weighted by Crippen LogP contribution is 2.28. The van der Waals surface area contributed by atoms with Gasteiger partial charge in [0.15, 0.2) is 10.8 Å². The van der Waals surface area contributed by atoms with Crippen molar-refractivity contribution in [3.8, 4) is 0 Å². The van der Waals surface area contributed by atoms with Gasteiger partial charge in [-0.2, -0.15) is 5.10 Å². The van der Waals surface area contributed by atoms with Crippen molar-refractivity contribution in [3.05, 3.63) is 46.0 Å². The number of anilines is 1. The molecule has 0 spiro atoms. The van der Waals surface area contributed by atoms with E-state index in [1.54, 1.807) is 23.0 Å². The third-order valence-electron chi connectivity index (χ3n) is 6.55. The number of amides is 1. The summed E-state index contributed by atoms with van der Waals surface area (Å²) < 4.78 is 3.63. The Balaban J connectivity index is 1.37. The largest absolute Gasteiger partial charge is 0.356 e. The summed E-state index contributed by atoms with van der Waals surface area (Å²) in [5.41, 5.74) is 1.97. The number of aryl methyl sites for hydroxylation is 2. The molecule has 0 saturated carbocycles. The van der Waals surface area contributed by atoms with E-state index in [-0.39, 0.29) is 11.0 Å². The zero-order valence-corrected chi connectivity index (χ0v) is 21.6. The third-order valence-corrected chi connectivity index (χ3v) is 7.10. The quantitative estimate of drug-likeness (QED) is 0.301. The standard InChI is InChI=1S/C25H30N8O2S/c1-4-31-15-19(20(34)17-9-8-16(2)28-21(17)31)24(35)26-10-13-33-23-18(14-27-33)22(29-25(30-23)36-3)32-11-6-5-7-12-32/h8-9,14-15H,4-7,10-13H2,1-3H3,(H,26,35). The number of carbonyl (C=O) groups excluding carboxylic acids is 1. The predicted molar refractivity (Wildman–Crippen MR) is 142 cm³/mol. The first-order valence-electron chi connectivity index (χ1n) is 12.3. The van der Waals surface area contributed by atoms with Gasteiger partial charge in [-0.1, -0.05) is 11.8 Å². The van der Waals surface area contributed by atoms with Crippen LogP contribution in [-0.2, 0) is 13.1 Å². The van der Waals surface area contributed by atoms with Gasteiger partial charge in [-0.25, -0.2) is 19.6 Å². The Bertz CT molecular complexity index is 1490. The van der Waals surface area contributed by atoms with Gasteiger partial charge in [0.1, 0.15) is 17.0 Å². The fraction of sp³-hybridized carbons (Fsp3) is 0.440. The lowest BCUT2D eigenvalue weighted by atomic mass is 10.1. The lowest BCUT2D eigenvalue weighted by Gasteiger charge is -2.28. The zero-order chi connectivity index (χ0) is 25.2. The summed E-state index contributed by atoms with van der Waals surface area (Å²) in [6.07, 6.45) is 8.93. The molecule has 11 heteroatoms. The highest BCUT2D eigenvalue weighted by Gasteiger charge is 2.20. The minimum absolute atomic E-state index is 0.111. The van der Waals surface area contributed by atoms with Crippen molar-refractivity contribution in [1.82, 2.24) is 34.6 Å². The maximum absolute atomic E-state index is 13.0. The van der Waals surface area contributed by atoms with Crippen LogP contribution in [0.25, 0.3) is 22.1 Å². The lowest BCUT2D eigenvalue weighted by molar-refractivity contribution is 0.0950. The molecule has 1 amide bonds. The molecule has 5 heterocycles. The third kappa shape index (κ3) is 4.55. The molecule has 1 aliphatic rings. The minimum Gasteiger partial charge on any atom is -0.356 e. The molecule has 0 atom stereocenters. The summed E-state index contributed by atoms with van der Waals surface area (Å²) in [6, 6.07) is 3.53. The van der Waals surface area contributed by atoms with E-state index in [2.05, 4.69) is 20.3 Å². The molecule has 10 nitrogen and oxygen atoms in total. The number of rotatable bonds is 7. The van der Waals surface area contributed by atoms with Crippen molar-refractivity contribution < 1.29 is 4.79 Å². The van der Waals surface area contributed by atoms with Gasteiger partial charge in [0.25, 0.3) is 5.91 Å². The molecule has 0 aliphatic carbocycles. The van der Waals surface area contributed by atoms with Crippen molar-refractivity contribution in [2.24, 2.45) is 0 Å². The van der Waals surface area contributed by atoms with E-state index >= 15 is 0 Å². The van der Waals surface area contributed by atoms with E-state index in [0.717, 1.165) is 48.5 Å². The second kappa shape index (κ2) is 10.3. The number of hydrogen-bond acceptors (Lipinski definition) is 8. The average Bonchev–Trinajstić information content (AvgIpc) is 3.31. The lowest BCUT2D eigenvalue weighted by Crippen LogP contribution is -2.32. The van der Waals surface area contributed by atoms with Crippen molar-refractivity contribution in [2.45, 2.75) is 51.4 Å². The van der Waals surface area contributed by atoms with Crippen molar-refractivity contribution in [1.29, 1.82) is 0 Å². The monoisotopic (exact) mass is 506 g/mol. The molecule has 1 saturated heterocycles. The highest BCUT2D eigenvalue weighted by atomic mass is 32.2. The van der Waals surface area contributed by atoms with Gasteiger partial charge in [0, 0.05) is 38.1 Å². The van der Waals surface area contributed by atoms with E-state index in [1.807, 2.05) is 30.9 Å². The summed E-state index contributed by atoms with van der Waals surface area (Å²) in [4.78, 5) is 42.3. The molecule has 1 fully saturated rings. The SMILES string of the molecule is CCn1cc(C(=O)NCCn2ncc3c(N4CCCCC4)nc(SC)nc32)c(=O)c2ccc(C)nc21. The van der Waals surface area contributed by atoms with Crippen LogP contribution in [0.5, 0.6) is 0 Å². The Morgan fingerprint density at radius 1 is 1.08 bits per heavy atom. The van der Waals surface area contributed by atoms with Crippen LogP contribution in [-0.4, -0.2) is 61.1 Å². The normalized spacial score (nSPS) is 14.0. The number of hydrogen-bond donors (Lipinski definition) is 1. The highest BCUT2D eigenvalue weighted by molar-refractivity contribution is 7.98. The number of pyridine rings is 2. The van der Waals surface area contributed by atoms with Crippen molar-refractivity contribution in [3.63, 3.8) is 0 Å². The Kier molecular flexibility index (Phi) is 6.90. The second-order valence-corrected chi connectivity index (χ2v) is 9.70. The first kappa shape index (κ1) is 24.2. The maximum Gasteiger partial charge on any atom is 0.256 e. The number of aromatic nitrogens is 6. The Morgan fingerprint density at radius 2 is 1.89 bits per heavy atom. The molecular weight excluding hydrogens is 476 g/mol. The number of nitrogens with one attached hydrogen (secondary N) is 1. The summed E-state index contributed by atoms with van der Waals surface area (Å²) in [7, 11) is 0. The van der Waals surface area contributed by atoms with E-state index < -0.39 is 5.91 Å². The Hall–Kier alpha value is -3.47. The summed E-state index contributed by atoms with van der Waals surface area (Å²) in [5, 5.41) is 9.49. The van der Waals surface area contributed by atoms with Gasteiger partial charge in [-0.3, -0.25) is 9.59 Å². The van der Waals surface area contributed by atoms with E-state index in [0.29, 0.717) is 35.8 Å². The van der Waals surface area contributed by atoms with Crippen LogP contribution < -0.4 is 15.6 Å². The number of carbonyl (C=O) groups is 1. The molecule has 1 aliphatic heterocycles. The molecular formula is C25H30N8O2S. The molecule has 0 bridgehead atoms. The van der Waals surface area contributed by atoms with Crippen molar-refractivity contribution >= 4 is 45.6 Å². The number of thioether (sulfide) groups is 1. The molecule has 4 aromatic rings. The summed E-state index contributed by atoms with van der Waals surface area (Å²) in [5.74, 6) is 0.522. The van der Waals surface area contributed by atoms with Crippen LogP contribution in [0, 0.1) is 6.92 Å². The van der Waals surface area contributed by atoms with E-state index in [1.165, 1.54) is 18.2 Å². The van der Waals surface area contributed by atoms with Gasteiger partial charge in [-0.15, -0.1) is 0 Å². The van der Waals surface area contributed by atoms with Crippen LogP contribution in [0.15, 0.2) is 34.5 Å². The van der Waals surface area contributed by atoms with E-state index in [9.17, 15) is 9.59 Å². The molecule has 36 heavy (non-hydrogen) atoms. The number of fused-ring (bicyclic) bond motifs is 2. The van der Waals surface area contributed by atoms with Crippen molar-refractivity contribution in [2.75, 3.05) is 30.8 Å². The topological polar surface area (TPSA) is 111 Å². The van der Waals surface area contributed by atoms with Gasteiger partial charge >= 0.3 is 0 Å². The van der Waals surface area contributed by atoms with E-state index in [4.69, 9.17) is 9.97 Å². The molecule has 4 aromatic heterocycles. The predicted octanol–water partition coefficient (Wildman–Crippen LogP) is 3.01. The number of piperidine rings is 1. The maximum atomic E-state index is 13.0. The van der Waals surface area contributed by atoms with Gasteiger partial charge in [0.2, 0.25) is 5.43 Å². The van der Waals surface area contributed by atoms with Crippen LogP contribution in [0.2, 0.25) is 0 Å². The minimum atomic E-state index is -0.408. The molecule has 0 unspecified atom stereocenters. The van der Waals surface area contributed by atoms with Gasteiger partial charge in [0.05, 0.1) is 23.5 Å². The molecule has 0 radical (unpaired) electrons. The second-order valence-electron chi connectivity index (χ2n) is 8.92. The zero-order valence-electron chi connectivity index (χ0n) is 20.8. The Morgan fingerprint density at radius 3 is 2.64 bits per heavy atom. The number of nitrogens with zero attached hydrogens (tertiary/aromatic N) is 7. The average molecular weight is 507 g/mol. The fourth-order valence-electron chi connectivity index (χ4n) is 4.66. The molecule has 1 N–H and O–H groups in total. The van der Waals surface area contributed by atoms with Crippen LogP contribution in [0.3, 0.4) is 0 Å². The van der Waals surface area contributed by atoms with Crippen LogP contribution in [0.1, 0.15) is 42.2 Å². The summed E-state index contributed by atoms with van der Waals surface area (Å²) >= 11 is 1.50.